The second kappa shape index (κ2) is 5.02. The van der Waals surface area contributed by atoms with Gasteiger partial charge in [-0.2, -0.15) is 0 Å². The van der Waals surface area contributed by atoms with Gasteiger partial charge in [0, 0.05) is 4.88 Å². The first-order valence-corrected chi connectivity index (χ1v) is 7.25. The van der Waals surface area contributed by atoms with Crippen molar-refractivity contribution in [2.45, 2.75) is 18.4 Å². The van der Waals surface area contributed by atoms with Gasteiger partial charge in [0.15, 0.2) is 0 Å². The maximum atomic E-state index is 5.99. The summed E-state index contributed by atoms with van der Waals surface area (Å²) in [6.07, 6.45) is 1.19. The highest BCUT2D eigenvalue weighted by Gasteiger charge is 2.44. The second-order valence-electron chi connectivity index (χ2n) is 4.70. The van der Waals surface area contributed by atoms with Crippen LogP contribution in [0, 0.1) is 5.92 Å². The summed E-state index contributed by atoms with van der Waals surface area (Å²) < 4.78 is 0.821. The summed E-state index contributed by atoms with van der Waals surface area (Å²) in [5, 5.41) is 0. The smallest absolute Gasteiger partial charge is 0.0931 e. The Kier molecular flexibility index (Phi) is 3.39. The molecule has 0 spiro atoms. The number of benzene rings is 1. The van der Waals surface area contributed by atoms with Crippen LogP contribution in [0.5, 0.6) is 0 Å². The largest absolute Gasteiger partial charge is 0.271 e. The molecule has 1 fully saturated rings. The Labute approximate surface area is 116 Å². The Morgan fingerprint density at radius 1 is 1.22 bits per heavy atom. The van der Waals surface area contributed by atoms with Crippen LogP contribution < -0.4 is 11.3 Å². The molecule has 94 valence electrons. The highest BCUT2D eigenvalue weighted by atomic mass is 35.5. The van der Waals surface area contributed by atoms with Gasteiger partial charge in [-0.05, 0) is 36.0 Å². The van der Waals surface area contributed by atoms with Crippen LogP contribution in [0.25, 0.3) is 0 Å². The van der Waals surface area contributed by atoms with Crippen molar-refractivity contribution in [2.24, 2.45) is 11.8 Å². The van der Waals surface area contributed by atoms with Gasteiger partial charge in [-0.3, -0.25) is 11.3 Å². The van der Waals surface area contributed by atoms with E-state index >= 15 is 0 Å². The molecule has 0 amide bonds. The van der Waals surface area contributed by atoms with Crippen LogP contribution in [0.2, 0.25) is 4.34 Å². The fourth-order valence-corrected chi connectivity index (χ4v) is 3.78. The molecule has 2 nitrogen and oxygen atoms in total. The van der Waals surface area contributed by atoms with Crippen LogP contribution >= 0.6 is 22.9 Å². The minimum atomic E-state index is 0.215. The van der Waals surface area contributed by atoms with E-state index in [9.17, 15) is 0 Å². The quantitative estimate of drug-likeness (QED) is 0.661. The molecule has 3 N–H and O–H groups in total. The molecule has 1 aliphatic rings. The molecule has 1 aliphatic carbocycles. The number of nitrogens with two attached hydrogens (primary N) is 1. The predicted octanol–water partition coefficient (Wildman–Crippen LogP) is 3.71. The topological polar surface area (TPSA) is 38.0 Å². The molecule has 1 aromatic carbocycles. The van der Waals surface area contributed by atoms with E-state index in [2.05, 4.69) is 41.8 Å². The lowest BCUT2D eigenvalue weighted by molar-refractivity contribution is 0.495. The first kappa shape index (κ1) is 12.2. The summed E-state index contributed by atoms with van der Waals surface area (Å²) in [6, 6.07) is 14.9. The van der Waals surface area contributed by atoms with E-state index in [0.29, 0.717) is 11.8 Å². The molecule has 3 unspecified atom stereocenters. The zero-order chi connectivity index (χ0) is 12.5. The zero-order valence-electron chi connectivity index (χ0n) is 9.84. The maximum Gasteiger partial charge on any atom is 0.0931 e. The van der Waals surface area contributed by atoms with Crippen molar-refractivity contribution in [2.75, 3.05) is 0 Å². The lowest BCUT2D eigenvalue weighted by Crippen LogP contribution is -2.29. The standard InChI is InChI=1S/C14H15ClN2S/c15-13-7-6-12(18-13)14(17-16)11-8-10(11)9-4-2-1-3-5-9/h1-7,10-11,14,17H,8,16H2. The Morgan fingerprint density at radius 2 is 2.00 bits per heavy atom. The third kappa shape index (κ3) is 2.31. The van der Waals surface area contributed by atoms with Gasteiger partial charge < -0.3 is 0 Å². The molecular weight excluding hydrogens is 264 g/mol. The molecule has 1 saturated carbocycles. The van der Waals surface area contributed by atoms with Crippen LogP contribution in [0.3, 0.4) is 0 Å². The summed E-state index contributed by atoms with van der Waals surface area (Å²) >= 11 is 7.60. The molecule has 1 aromatic heterocycles. The fourth-order valence-electron chi connectivity index (χ4n) is 2.58. The Balaban J connectivity index is 1.76. The van der Waals surface area contributed by atoms with Gasteiger partial charge in [-0.25, -0.2) is 0 Å². The molecule has 3 rings (SSSR count). The van der Waals surface area contributed by atoms with Crippen LogP contribution in [0.1, 0.15) is 28.8 Å². The lowest BCUT2D eigenvalue weighted by Gasteiger charge is -2.14. The van der Waals surface area contributed by atoms with Crippen molar-refractivity contribution in [3.05, 3.63) is 57.2 Å². The van der Waals surface area contributed by atoms with Gasteiger partial charge in [0.2, 0.25) is 0 Å². The van der Waals surface area contributed by atoms with Crippen molar-refractivity contribution >= 4 is 22.9 Å². The van der Waals surface area contributed by atoms with E-state index in [-0.39, 0.29) is 6.04 Å². The molecular formula is C14H15ClN2S. The average Bonchev–Trinajstić information content (AvgIpc) is 3.07. The highest BCUT2D eigenvalue weighted by Crippen LogP contribution is 2.54. The number of rotatable bonds is 4. The Hall–Kier alpha value is -0.870. The molecule has 1 heterocycles. The second-order valence-corrected chi connectivity index (χ2v) is 6.45. The molecule has 18 heavy (non-hydrogen) atoms. The van der Waals surface area contributed by atoms with Gasteiger partial charge in [0.1, 0.15) is 0 Å². The van der Waals surface area contributed by atoms with Gasteiger partial charge >= 0.3 is 0 Å². The van der Waals surface area contributed by atoms with Gasteiger partial charge in [-0.15, -0.1) is 11.3 Å². The van der Waals surface area contributed by atoms with Crippen molar-refractivity contribution in [3.8, 4) is 0 Å². The molecule has 0 bridgehead atoms. The SMILES string of the molecule is NNC(c1ccc(Cl)s1)C1CC1c1ccccc1. The summed E-state index contributed by atoms with van der Waals surface area (Å²) in [5.74, 6) is 6.90. The van der Waals surface area contributed by atoms with E-state index in [4.69, 9.17) is 17.4 Å². The van der Waals surface area contributed by atoms with E-state index < -0.39 is 0 Å². The van der Waals surface area contributed by atoms with Crippen LogP contribution in [0.4, 0.5) is 0 Å². The molecule has 0 saturated heterocycles. The number of hydrogen-bond acceptors (Lipinski definition) is 3. The van der Waals surface area contributed by atoms with Crippen molar-refractivity contribution in [3.63, 3.8) is 0 Å². The van der Waals surface area contributed by atoms with Gasteiger partial charge in [0.25, 0.3) is 0 Å². The third-order valence-corrected chi connectivity index (χ3v) is 4.89. The molecule has 0 radical (unpaired) electrons. The van der Waals surface area contributed by atoms with E-state index in [1.807, 2.05) is 6.07 Å². The van der Waals surface area contributed by atoms with E-state index in [1.54, 1.807) is 11.3 Å². The summed E-state index contributed by atoms with van der Waals surface area (Å²) in [6.45, 7) is 0. The van der Waals surface area contributed by atoms with Crippen LogP contribution in [-0.2, 0) is 0 Å². The van der Waals surface area contributed by atoms with Crippen LogP contribution in [0.15, 0.2) is 42.5 Å². The predicted molar refractivity (Wildman–Crippen MR) is 76.7 cm³/mol. The summed E-state index contributed by atoms with van der Waals surface area (Å²) in [7, 11) is 0. The normalized spacial score (nSPS) is 23.9. The van der Waals surface area contributed by atoms with E-state index in [1.165, 1.54) is 16.9 Å². The number of thiophene rings is 1. The lowest BCUT2D eigenvalue weighted by atomic mass is 10.0. The molecule has 4 heteroatoms. The van der Waals surface area contributed by atoms with Crippen LogP contribution in [-0.4, -0.2) is 0 Å². The Morgan fingerprint density at radius 3 is 2.61 bits per heavy atom. The van der Waals surface area contributed by atoms with Crippen molar-refractivity contribution in [1.82, 2.24) is 5.43 Å². The minimum absolute atomic E-state index is 0.215. The Bertz CT molecular complexity index is 526. The molecule has 2 aromatic rings. The highest BCUT2D eigenvalue weighted by molar-refractivity contribution is 7.16. The van der Waals surface area contributed by atoms with Gasteiger partial charge in [-0.1, -0.05) is 41.9 Å². The van der Waals surface area contributed by atoms with Crippen molar-refractivity contribution < 1.29 is 0 Å². The fraction of sp³-hybridized carbons (Fsp3) is 0.286. The van der Waals surface area contributed by atoms with E-state index in [0.717, 1.165) is 4.34 Å². The zero-order valence-corrected chi connectivity index (χ0v) is 11.4. The van der Waals surface area contributed by atoms with Gasteiger partial charge in [0.05, 0.1) is 10.4 Å². The number of hydrazine groups is 1. The number of halogens is 1. The average molecular weight is 279 g/mol. The molecule has 3 atom stereocenters. The van der Waals surface area contributed by atoms with Crippen molar-refractivity contribution in [1.29, 1.82) is 0 Å². The first-order valence-electron chi connectivity index (χ1n) is 6.06. The summed E-state index contributed by atoms with van der Waals surface area (Å²) in [5.41, 5.74) is 4.35. The summed E-state index contributed by atoms with van der Waals surface area (Å²) in [4.78, 5) is 1.23. The number of nitrogens with one attached hydrogen (secondary N) is 1. The maximum absolute atomic E-state index is 5.99. The first-order chi connectivity index (χ1) is 8.79. The third-order valence-electron chi connectivity index (χ3n) is 3.58. The number of hydrogen-bond donors (Lipinski definition) is 2. The monoisotopic (exact) mass is 278 g/mol. The molecule has 0 aliphatic heterocycles. The minimum Gasteiger partial charge on any atom is -0.271 e.